The number of aromatic nitrogens is 4. The number of benzene rings is 1. The molecule has 0 saturated carbocycles. The fourth-order valence-corrected chi connectivity index (χ4v) is 4.09. The van der Waals surface area contributed by atoms with Gasteiger partial charge in [-0.05, 0) is 12.1 Å². The molecule has 0 aliphatic carbocycles. The van der Waals surface area contributed by atoms with Crippen molar-refractivity contribution in [1.82, 2.24) is 19.4 Å². The van der Waals surface area contributed by atoms with Gasteiger partial charge in [-0.15, -0.1) is 11.3 Å². The molecule has 0 saturated heterocycles. The van der Waals surface area contributed by atoms with E-state index in [0.29, 0.717) is 17.0 Å². The van der Waals surface area contributed by atoms with E-state index in [1.165, 1.54) is 23.5 Å². The molecule has 0 radical (unpaired) electrons. The van der Waals surface area contributed by atoms with Crippen LogP contribution in [0.1, 0.15) is 5.69 Å². The number of thiazole rings is 1. The van der Waals surface area contributed by atoms with Gasteiger partial charge in [0.15, 0.2) is 4.34 Å². The highest BCUT2D eigenvalue weighted by Gasteiger charge is 2.11. The molecule has 3 heterocycles. The first kappa shape index (κ1) is 14.1. The lowest BCUT2D eigenvalue weighted by Gasteiger charge is -1.91. The molecule has 7 nitrogen and oxygen atoms in total. The van der Waals surface area contributed by atoms with Crippen molar-refractivity contribution in [3.63, 3.8) is 0 Å². The summed E-state index contributed by atoms with van der Waals surface area (Å²) in [7, 11) is 0. The number of hydrogen-bond acceptors (Lipinski definition) is 7. The van der Waals surface area contributed by atoms with Gasteiger partial charge in [-0.1, -0.05) is 11.8 Å². The third kappa shape index (κ3) is 2.76. The van der Waals surface area contributed by atoms with E-state index in [0.717, 1.165) is 14.7 Å². The van der Waals surface area contributed by atoms with Crippen LogP contribution in [0, 0.1) is 10.1 Å². The first-order chi connectivity index (χ1) is 11.2. The van der Waals surface area contributed by atoms with E-state index in [-0.39, 0.29) is 5.69 Å². The Kier molecular flexibility index (Phi) is 3.43. The van der Waals surface area contributed by atoms with E-state index in [4.69, 9.17) is 0 Å². The molecule has 23 heavy (non-hydrogen) atoms. The number of thioether (sulfide) groups is 1. The summed E-state index contributed by atoms with van der Waals surface area (Å²) in [6.07, 6.45) is 5.55. The average Bonchev–Trinajstić information content (AvgIpc) is 3.14. The lowest BCUT2D eigenvalue weighted by Crippen LogP contribution is -1.86. The van der Waals surface area contributed by atoms with Crippen molar-refractivity contribution in [3.8, 4) is 0 Å². The van der Waals surface area contributed by atoms with Crippen LogP contribution in [-0.4, -0.2) is 24.3 Å². The van der Waals surface area contributed by atoms with E-state index in [1.807, 2.05) is 22.9 Å². The van der Waals surface area contributed by atoms with E-state index < -0.39 is 4.92 Å². The Morgan fingerprint density at radius 2 is 2.26 bits per heavy atom. The van der Waals surface area contributed by atoms with Crippen molar-refractivity contribution in [2.24, 2.45) is 0 Å². The molecule has 0 unspecified atom stereocenters. The summed E-state index contributed by atoms with van der Waals surface area (Å²) in [6.45, 7) is 0. The van der Waals surface area contributed by atoms with E-state index in [9.17, 15) is 10.1 Å². The molecule has 0 N–H and O–H groups in total. The Balaban J connectivity index is 1.56. The number of fused-ring (bicyclic) bond motifs is 2. The number of imidazole rings is 1. The maximum Gasteiger partial charge on any atom is 0.271 e. The minimum Gasteiger partial charge on any atom is -0.291 e. The maximum absolute atomic E-state index is 10.8. The topological polar surface area (TPSA) is 86.2 Å². The molecule has 114 valence electrons. The highest BCUT2D eigenvalue weighted by Crippen LogP contribution is 2.32. The second-order valence-electron chi connectivity index (χ2n) is 4.74. The van der Waals surface area contributed by atoms with Crippen molar-refractivity contribution in [2.45, 2.75) is 10.1 Å². The van der Waals surface area contributed by atoms with Crippen LogP contribution < -0.4 is 0 Å². The Morgan fingerprint density at radius 1 is 1.35 bits per heavy atom. The fraction of sp³-hybridized carbons (Fsp3) is 0.0714. The van der Waals surface area contributed by atoms with E-state index in [2.05, 4.69) is 15.0 Å². The first-order valence-corrected chi connectivity index (χ1v) is 8.46. The fourth-order valence-electron chi connectivity index (χ4n) is 2.15. The van der Waals surface area contributed by atoms with Gasteiger partial charge >= 0.3 is 0 Å². The number of hydrogen-bond donors (Lipinski definition) is 0. The van der Waals surface area contributed by atoms with Crippen LogP contribution in [-0.2, 0) is 5.75 Å². The highest BCUT2D eigenvalue weighted by atomic mass is 32.2. The molecule has 0 aliphatic heterocycles. The second kappa shape index (κ2) is 5.60. The van der Waals surface area contributed by atoms with Crippen LogP contribution in [0.3, 0.4) is 0 Å². The predicted octanol–water partition coefficient (Wildman–Crippen LogP) is 3.54. The van der Waals surface area contributed by atoms with Crippen molar-refractivity contribution in [3.05, 3.63) is 58.7 Å². The maximum atomic E-state index is 10.8. The summed E-state index contributed by atoms with van der Waals surface area (Å²) in [5, 5.41) is 10.8. The molecule has 0 fully saturated rings. The molecule has 9 heteroatoms. The summed E-state index contributed by atoms with van der Waals surface area (Å²) in [5.74, 6) is 1.34. The number of nitro benzene ring substituents is 1. The highest BCUT2D eigenvalue weighted by molar-refractivity contribution is 8.00. The normalized spacial score (nSPS) is 11.3. The third-order valence-corrected chi connectivity index (χ3v) is 5.40. The first-order valence-electron chi connectivity index (χ1n) is 6.65. The number of rotatable bonds is 4. The summed E-state index contributed by atoms with van der Waals surface area (Å²) in [5.41, 5.74) is 1.63. The predicted molar refractivity (Wildman–Crippen MR) is 88.8 cm³/mol. The van der Waals surface area contributed by atoms with Gasteiger partial charge in [-0.3, -0.25) is 14.5 Å². The van der Waals surface area contributed by atoms with Crippen LogP contribution in [0.2, 0.25) is 0 Å². The molecular weight excluding hydrogens is 334 g/mol. The Bertz CT molecular complexity index is 993. The Labute approximate surface area is 138 Å². The molecule has 4 aromatic rings. The summed E-state index contributed by atoms with van der Waals surface area (Å²) in [4.78, 5) is 23.5. The molecule has 1 aromatic carbocycles. The van der Waals surface area contributed by atoms with Gasteiger partial charge in [0.2, 0.25) is 5.78 Å². The van der Waals surface area contributed by atoms with Crippen molar-refractivity contribution in [1.29, 1.82) is 0 Å². The second-order valence-corrected chi connectivity index (χ2v) is 6.99. The standard InChI is InChI=1S/C14H9N5O2S2/c20-19(21)10-2-3-12-11(6-10)17-14(23-12)22-8-9-7-18-5-1-4-15-13(18)16-9/h1-7H,8H2. The summed E-state index contributed by atoms with van der Waals surface area (Å²) in [6, 6.07) is 6.60. The number of nitro groups is 1. The molecule has 0 amide bonds. The van der Waals surface area contributed by atoms with Crippen molar-refractivity contribution >= 4 is 44.8 Å². The zero-order valence-corrected chi connectivity index (χ0v) is 13.3. The number of nitrogens with zero attached hydrogens (tertiary/aromatic N) is 5. The summed E-state index contributed by atoms with van der Waals surface area (Å²) < 4.78 is 3.68. The van der Waals surface area contributed by atoms with E-state index in [1.54, 1.807) is 24.0 Å². The zero-order chi connectivity index (χ0) is 15.8. The van der Waals surface area contributed by atoms with Crippen LogP contribution in [0.25, 0.3) is 16.0 Å². The van der Waals surface area contributed by atoms with Gasteiger partial charge in [-0.25, -0.2) is 15.0 Å². The largest absolute Gasteiger partial charge is 0.291 e. The van der Waals surface area contributed by atoms with Crippen LogP contribution in [0.15, 0.2) is 47.2 Å². The van der Waals surface area contributed by atoms with Crippen molar-refractivity contribution < 1.29 is 4.92 Å². The Morgan fingerprint density at radius 3 is 3.09 bits per heavy atom. The lowest BCUT2D eigenvalue weighted by atomic mass is 10.3. The average molecular weight is 343 g/mol. The molecule has 0 atom stereocenters. The minimum absolute atomic E-state index is 0.0609. The van der Waals surface area contributed by atoms with Crippen LogP contribution in [0.4, 0.5) is 5.69 Å². The Hall–Kier alpha value is -2.52. The zero-order valence-electron chi connectivity index (χ0n) is 11.6. The number of non-ortho nitro benzene ring substituents is 1. The molecule has 0 bridgehead atoms. The smallest absolute Gasteiger partial charge is 0.271 e. The van der Waals surface area contributed by atoms with Gasteiger partial charge in [-0.2, -0.15) is 0 Å². The molecule has 0 aliphatic rings. The van der Waals surface area contributed by atoms with Gasteiger partial charge in [0.25, 0.3) is 5.69 Å². The van der Waals surface area contributed by atoms with Gasteiger partial charge < -0.3 is 0 Å². The van der Waals surface area contributed by atoms with E-state index >= 15 is 0 Å². The van der Waals surface area contributed by atoms with Crippen LogP contribution in [0.5, 0.6) is 0 Å². The minimum atomic E-state index is -0.407. The van der Waals surface area contributed by atoms with Gasteiger partial charge in [0, 0.05) is 36.5 Å². The van der Waals surface area contributed by atoms with Crippen LogP contribution >= 0.6 is 23.1 Å². The third-order valence-electron chi connectivity index (χ3n) is 3.19. The van der Waals surface area contributed by atoms with Crippen molar-refractivity contribution in [2.75, 3.05) is 0 Å². The van der Waals surface area contributed by atoms with Gasteiger partial charge in [0.05, 0.1) is 20.8 Å². The molecule has 4 rings (SSSR count). The van der Waals surface area contributed by atoms with Gasteiger partial charge in [0.1, 0.15) is 0 Å². The molecule has 3 aromatic heterocycles. The summed E-state index contributed by atoms with van der Waals surface area (Å²) >= 11 is 3.09. The monoisotopic (exact) mass is 343 g/mol. The SMILES string of the molecule is O=[N+]([O-])c1ccc2sc(SCc3cn4cccnc4n3)nc2c1. The molecule has 0 spiro atoms. The molecular formula is C14H9N5O2S2. The quantitative estimate of drug-likeness (QED) is 0.320. The lowest BCUT2D eigenvalue weighted by molar-refractivity contribution is -0.384.